The van der Waals surface area contributed by atoms with Crippen molar-refractivity contribution in [3.05, 3.63) is 71.3 Å². The monoisotopic (exact) mass is 285 g/mol. The van der Waals surface area contributed by atoms with Gasteiger partial charge in [-0.2, -0.15) is 0 Å². The van der Waals surface area contributed by atoms with Crippen LogP contribution < -0.4 is 0 Å². The van der Waals surface area contributed by atoms with Gasteiger partial charge < -0.3 is 4.90 Å². The molecule has 3 rings (SSSR count). The van der Waals surface area contributed by atoms with E-state index >= 15 is 0 Å². The van der Waals surface area contributed by atoms with E-state index in [2.05, 4.69) is 6.92 Å². The lowest BCUT2D eigenvalue weighted by Crippen LogP contribution is -2.40. The summed E-state index contributed by atoms with van der Waals surface area (Å²) in [6.45, 7) is 2.70. The van der Waals surface area contributed by atoms with Crippen LogP contribution in [0, 0.1) is 0 Å². The second-order valence-corrected chi connectivity index (χ2v) is 5.54. The van der Waals surface area contributed by atoms with Crippen molar-refractivity contribution >= 4 is 17.5 Å². The van der Waals surface area contributed by atoms with Crippen LogP contribution in [0.1, 0.15) is 34.8 Å². The zero-order valence-corrected chi connectivity index (χ0v) is 12.1. The molecular weight excluding hydrogens is 270 g/mol. The number of fused-ring (bicyclic) bond motifs is 1. The van der Waals surface area contributed by atoms with Gasteiger partial charge in [0.25, 0.3) is 5.91 Å². The maximum Gasteiger partial charge on any atom is 0.256 e. The number of benzene rings is 2. The van der Waals surface area contributed by atoms with Crippen LogP contribution in [-0.2, 0) is 5.00 Å². The Hall–Kier alpha value is -1.80. The van der Waals surface area contributed by atoms with Gasteiger partial charge in [0, 0.05) is 17.7 Å². The van der Waals surface area contributed by atoms with Crippen LogP contribution in [0.3, 0.4) is 0 Å². The number of amides is 1. The molecule has 1 aliphatic rings. The van der Waals surface area contributed by atoms with E-state index in [9.17, 15) is 4.79 Å². The molecule has 0 saturated carbocycles. The lowest BCUT2D eigenvalue weighted by atomic mass is 9.97. The highest BCUT2D eigenvalue weighted by Gasteiger charge is 2.48. The van der Waals surface area contributed by atoms with Gasteiger partial charge in [-0.25, -0.2) is 0 Å². The zero-order chi connectivity index (χ0) is 14.2. The number of carbonyl (C=O) groups excluding carboxylic acids is 1. The van der Waals surface area contributed by atoms with E-state index in [0.29, 0.717) is 12.1 Å². The molecule has 0 N–H and O–H groups in total. The number of rotatable bonds is 3. The van der Waals surface area contributed by atoms with Crippen LogP contribution in [-0.4, -0.2) is 17.4 Å². The summed E-state index contributed by atoms with van der Waals surface area (Å²) < 4.78 is 0. The lowest BCUT2D eigenvalue weighted by Gasteiger charge is -2.34. The Morgan fingerprint density at radius 1 is 1.05 bits per heavy atom. The standard InChI is InChI=1S/C17H16ClNO/c1-2-12-19-16(20)14-10-6-7-11-15(14)17(19,18)13-8-4-3-5-9-13/h3-11H,2,12H2,1H3. The van der Waals surface area contributed by atoms with E-state index in [1.165, 1.54) is 0 Å². The Morgan fingerprint density at radius 3 is 2.40 bits per heavy atom. The number of nitrogens with zero attached hydrogens (tertiary/aromatic N) is 1. The summed E-state index contributed by atoms with van der Waals surface area (Å²) >= 11 is 6.97. The van der Waals surface area contributed by atoms with Gasteiger partial charge in [-0.05, 0) is 18.1 Å². The number of carbonyl (C=O) groups is 1. The fourth-order valence-electron chi connectivity index (χ4n) is 2.84. The van der Waals surface area contributed by atoms with Crippen LogP contribution in [0.2, 0.25) is 0 Å². The van der Waals surface area contributed by atoms with Crippen molar-refractivity contribution in [1.29, 1.82) is 0 Å². The fourth-order valence-corrected chi connectivity index (χ4v) is 3.29. The first-order chi connectivity index (χ1) is 9.69. The lowest BCUT2D eigenvalue weighted by molar-refractivity contribution is 0.0718. The number of alkyl halides is 1. The number of hydrogen-bond donors (Lipinski definition) is 0. The largest absolute Gasteiger partial charge is 0.312 e. The topological polar surface area (TPSA) is 20.3 Å². The highest BCUT2D eigenvalue weighted by atomic mass is 35.5. The van der Waals surface area contributed by atoms with Crippen molar-refractivity contribution in [2.45, 2.75) is 18.3 Å². The SMILES string of the molecule is CCCN1C(=O)c2ccccc2C1(Cl)c1ccccc1. The number of hydrogen-bond acceptors (Lipinski definition) is 1. The summed E-state index contributed by atoms with van der Waals surface area (Å²) in [4.78, 5) is 13.5. The van der Waals surface area contributed by atoms with Crippen LogP contribution in [0.15, 0.2) is 54.6 Å². The molecule has 20 heavy (non-hydrogen) atoms. The molecular formula is C17H16ClNO. The maximum atomic E-state index is 12.6. The van der Waals surface area contributed by atoms with Gasteiger partial charge in [0.15, 0.2) is 5.00 Å². The molecule has 102 valence electrons. The van der Waals surface area contributed by atoms with Gasteiger partial charge in [0.1, 0.15) is 0 Å². The minimum Gasteiger partial charge on any atom is -0.312 e. The molecule has 0 spiro atoms. The summed E-state index contributed by atoms with van der Waals surface area (Å²) in [5.74, 6) is 0.0151. The molecule has 1 amide bonds. The molecule has 0 fully saturated rings. The van der Waals surface area contributed by atoms with Crippen molar-refractivity contribution in [1.82, 2.24) is 4.90 Å². The molecule has 2 nitrogen and oxygen atoms in total. The highest BCUT2D eigenvalue weighted by molar-refractivity contribution is 6.29. The summed E-state index contributed by atoms with van der Waals surface area (Å²) in [6, 6.07) is 17.4. The predicted octanol–water partition coefficient (Wildman–Crippen LogP) is 3.99. The minimum absolute atomic E-state index is 0.0151. The first kappa shape index (κ1) is 13.2. The summed E-state index contributed by atoms with van der Waals surface area (Å²) in [5.41, 5.74) is 2.53. The molecule has 0 radical (unpaired) electrons. The molecule has 0 aliphatic carbocycles. The van der Waals surface area contributed by atoms with Crippen molar-refractivity contribution in [2.24, 2.45) is 0 Å². The van der Waals surface area contributed by atoms with Crippen molar-refractivity contribution in [3.8, 4) is 0 Å². The van der Waals surface area contributed by atoms with Crippen LogP contribution in [0.25, 0.3) is 0 Å². The molecule has 0 bridgehead atoms. The molecule has 1 unspecified atom stereocenters. The third-order valence-electron chi connectivity index (χ3n) is 3.74. The Bertz CT molecular complexity index is 640. The molecule has 2 aromatic rings. The van der Waals surface area contributed by atoms with E-state index in [1.807, 2.05) is 54.6 Å². The molecule has 0 aromatic heterocycles. The van der Waals surface area contributed by atoms with Crippen molar-refractivity contribution in [2.75, 3.05) is 6.54 Å². The van der Waals surface area contributed by atoms with Crippen LogP contribution >= 0.6 is 11.6 Å². The normalized spacial score (nSPS) is 21.1. The van der Waals surface area contributed by atoms with Crippen molar-refractivity contribution in [3.63, 3.8) is 0 Å². The summed E-state index contributed by atoms with van der Waals surface area (Å²) in [5, 5.41) is 0. The second kappa shape index (κ2) is 4.95. The van der Waals surface area contributed by atoms with Gasteiger partial charge in [0.05, 0.1) is 0 Å². The van der Waals surface area contributed by atoms with E-state index < -0.39 is 5.00 Å². The maximum absolute atomic E-state index is 12.6. The fraction of sp³-hybridized carbons (Fsp3) is 0.235. The van der Waals surface area contributed by atoms with Crippen LogP contribution in [0.4, 0.5) is 0 Å². The molecule has 1 heterocycles. The Kier molecular flexibility index (Phi) is 3.27. The molecule has 0 saturated heterocycles. The van der Waals surface area contributed by atoms with E-state index in [-0.39, 0.29) is 5.91 Å². The van der Waals surface area contributed by atoms with E-state index in [0.717, 1.165) is 17.5 Å². The zero-order valence-electron chi connectivity index (χ0n) is 11.3. The summed E-state index contributed by atoms with van der Waals surface area (Å²) in [6.07, 6.45) is 0.876. The summed E-state index contributed by atoms with van der Waals surface area (Å²) in [7, 11) is 0. The Labute approximate surface area is 124 Å². The molecule has 1 aliphatic heterocycles. The van der Waals surface area contributed by atoms with Crippen LogP contribution in [0.5, 0.6) is 0 Å². The van der Waals surface area contributed by atoms with E-state index in [4.69, 9.17) is 11.6 Å². The van der Waals surface area contributed by atoms with E-state index in [1.54, 1.807) is 4.90 Å². The first-order valence-corrected chi connectivity index (χ1v) is 7.23. The minimum atomic E-state index is -0.884. The molecule has 1 atom stereocenters. The van der Waals surface area contributed by atoms with Crippen molar-refractivity contribution < 1.29 is 4.79 Å². The third kappa shape index (κ3) is 1.75. The first-order valence-electron chi connectivity index (χ1n) is 6.85. The third-order valence-corrected chi connectivity index (χ3v) is 4.36. The highest BCUT2D eigenvalue weighted by Crippen LogP contribution is 2.47. The Morgan fingerprint density at radius 2 is 1.70 bits per heavy atom. The van der Waals surface area contributed by atoms with Gasteiger partial charge in [-0.3, -0.25) is 4.79 Å². The second-order valence-electron chi connectivity index (χ2n) is 4.99. The molecule has 2 aromatic carbocycles. The number of halogens is 1. The van der Waals surface area contributed by atoms with Gasteiger partial charge in [-0.1, -0.05) is 67.1 Å². The smallest absolute Gasteiger partial charge is 0.256 e. The van der Waals surface area contributed by atoms with Gasteiger partial charge in [-0.15, -0.1) is 0 Å². The van der Waals surface area contributed by atoms with Gasteiger partial charge in [0.2, 0.25) is 0 Å². The van der Waals surface area contributed by atoms with Gasteiger partial charge >= 0.3 is 0 Å². The average molecular weight is 286 g/mol. The predicted molar refractivity (Wildman–Crippen MR) is 80.8 cm³/mol. The average Bonchev–Trinajstić information content (AvgIpc) is 2.72. The molecule has 3 heteroatoms. The quantitative estimate of drug-likeness (QED) is 0.617. The Balaban J connectivity index is 2.22.